The quantitative estimate of drug-likeness (QED) is 0.718. The second-order valence-corrected chi connectivity index (χ2v) is 10.6. The lowest BCUT2D eigenvalue weighted by atomic mass is 9.74. The van der Waals surface area contributed by atoms with Gasteiger partial charge in [-0.05, 0) is 30.9 Å². The van der Waals surface area contributed by atoms with Crippen LogP contribution in [-0.2, 0) is 20.0 Å². The third-order valence-electron chi connectivity index (χ3n) is 5.05. The van der Waals surface area contributed by atoms with Gasteiger partial charge in [0, 0.05) is 26.2 Å². The highest BCUT2D eigenvalue weighted by molar-refractivity contribution is 7.92. The van der Waals surface area contributed by atoms with Crippen LogP contribution in [0.15, 0.2) is 34.1 Å². The van der Waals surface area contributed by atoms with Crippen LogP contribution < -0.4 is 10.5 Å². The van der Waals surface area contributed by atoms with Crippen LogP contribution in [0.25, 0.3) is 0 Å². The van der Waals surface area contributed by atoms with Gasteiger partial charge in [-0.1, -0.05) is 31.9 Å². The molecule has 1 aromatic rings. The van der Waals surface area contributed by atoms with Crippen molar-refractivity contribution in [2.24, 2.45) is 11.7 Å². The van der Waals surface area contributed by atoms with Gasteiger partial charge in [0.05, 0.1) is 0 Å². The zero-order valence-corrected chi connectivity index (χ0v) is 17.8. The van der Waals surface area contributed by atoms with Gasteiger partial charge in [0.2, 0.25) is 20.0 Å². The minimum Gasteiger partial charge on any atom is -0.329 e. The summed E-state index contributed by atoms with van der Waals surface area (Å²) in [6, 6.07) is 5.65. The summed E-state index contributed by atoms with van der Waals surface area (Å²) in [6.07, 6.45) is 3.46. The second-order valence-electron chi connectivity index (χ2n) is 6.85. The molecule has 150 valence electrons. The average molecular weight is 426 g/mol. The van der Waals surface area contributed by atoms with Crippen LogP contribution in [0.1, 0.15) is 32.6 Å². The first-order valence-corrected chi connectivity index (χ1v) is 11.2. The number of sulfonamides is 2. The topological polar surface area (TPSA) is 110 Å². The molecule has 0 aromatic heterocycles. The van der Waals surface area contributed by atoms with Crippen molar-refractivity contribution >= 4 is 32.5 Å². The number of nitrogens with one attached hydrogen (secondary N) is 1. The Labute approximate surface area is 162 Å². The lowest BCUT2D eigenvalue weighted by molar-refractivity contribution is 0.191. The maximum absolute atomic E-state index is 13.1. The molecule has 7 nitrogen and oxygen atoms in total. The molecule has 0 saturated heterocycles. The molecule has 1 fully saturated rings. The molecule has 2 rings (SSSR count). The van der Waals surface area contributed by atoms with Gasteiger partial charge in [-0.25, -0.2) is 25.9 Å². The van der Waals surface area contributed by atoms with E-state index in [1.165, 1.54) is 38.4 Å². The van der Waals surface area contributed by atoms with Gasteiger partial charge < -0.3 is 5.73 Å². The van der Waals surface area contributed by atoms with E-state index < -0.39 is 25.6 Å². The number of nitrogens with zero attached hydrogens (tertiary/aromatic N) is 1. The van der Waals surface area contributed by atoms with E-state index in [1.54, 1.807) is 0 Å². The summed E-state index contributed by atoms with van der Waals surface area (Å²) in [7, 11) is -5.19. The Morgan fingerprint density at radius 2 is 1.73 bits per heavy atom. The van der Waals surface area contributed by atoms with Gasteiger partial charge >= 0.3 is 0 Å². The number of rotatable bonds is 6. The lowest BCUT2D eigenvalue weighted by Gasteiger charge is -2.42. The highest BCUT2D eigenvalue weighted by Crippen LogP contribution is 2.35. The van der Waals surface area contributed by atoms with Gasteiger partial charge in [-0.2, -0.15) is 0 Å². The monoisotopic (exact) mass is 425 g/mol. The fourth-order valence-electron chi connectivity index (χ4n) is 3.31. The Hall–Kier alpha value is -0.710. The number of benzene rings is 1. The summed E-state index contributed by atoms with van der Waals surface area (Å²) < 4.78 is 54.9. The Kier molecular flexibility index (Phi) is 7.66. The molecule has 1 aliphatic carbocycles. The summed E-state index contributed by atoms with van der Waals surface area (Å²) >= 11 is 0. The number of hydrogen-bond acceptors (Lipinski definition) is 5. The van der Waals surface area contributed by atoms with Crippen LogP contribution in [0.4, 0.5) is 0 Å². The van der Waals surface area contributed by atoms with Gasteiger partial charge in [-0.3, -0.25) is 0 Å². The van der Waals surface area contributed by atoms with Crippen LogP contribution in [0.2, 0.25) is 0 Å². The maximum atomic E-state index is 13.1. The Balaban J connectivity index is 0.00000338. The molecule has 0 amide bonds. The molecule has 3 N–H and O–H groups in total. The SMILES string of the molecule is CC1CCCCC1(CN)NS(=O)(=O)c1ccccc1S(=O)(=O)N(C)C.Cl. The Morgan fingerprint density at radius 3 is 2.23 bits per heavy atom. The molecule has 26 heavy (non-hydrogen) atoms. The van der Waals surface area contributed by atoms with Crippen molar-refractivity contribution in [2.75, 3.05) is 20.6 Å². The minimum atomic E-state index is -4.05. The predicted molar refractivity (Wildman–Crippen MR) is 104 cm³/mol. The highest BCUT2D eigenvalue weighted by atomic mass is 35.5. The predicted octanol–water partition coefficient (Wildman–Crippen LogP) is 1.54. The molecule has 0 radical (unpaired) electrons. The molecule has 1 aromatic carbocycles. The first-order valence-electron chi connectivity index (χ1n) is 8.32. The zero-order valence-electron chi connectivity index (χ0n) is 15.3. The van der Waals surface area contributed by atoms with Gasteiger partial charge in [0.15, 0.2) is 0 Å². The highest BCUT2D eigenvalue weighted by Gasteiger charge is 2.41. The van der Waals surface area contributed by atoms with E-state index in [4.69, 9.17) is 5.73 Å². The van der Waals surface area contributed by atoms with Crippen molar-refractivity contribution in [3.63, 3.8) is 0 Å². The van der Waals surface area contributed by atoms with Crippen LogP contribution in [0.3, 0.4) is 0 Å². The van der Waals surface area contributed by atoms with Crippen LogP contribution in [-0.4, -0.2) is 47.3 Å². The fourth-order valence-corrected chi connectivity index (χ4v) is 6.55. The van der Waals surface area contributed by atoms with Crippen molar-refractivity contribution in [1.82, 2.24) is 9.03 Å². The summed E-state index contributed by atoms with van der Waals surface area (Å²) in [5.74, 6) is 0.0821. The summed E-state index contributed by atoms with van der Waals surface area (Å²) in [5.41, 5.74) is 5.19. The standard InChI is InChI=1S/C16H27N3O4S2.ClH/c1-13-8-6-7-11-16(13,12-17)18-24(20,21)14-9-4-5-10-15(14)25(22,23)19(2)3;/h4-5,9-10,13,18H,6-8,11-12,17H2,1-3H3;1H. The first-order chi connectivity index (χ1) is 11.6. The molecular weight excluding hydrogens is 398 g/mol. The molecule has 2 atom stereocenters. The second kappa shape index (κ2) is 8.53. The van der Waals surface area contributed by atoms with Crippen molar-refractivity contribution in [3.05, 3.63) is 24.3 Å². The third-order valence-corrected chi connectivity index (χ3v) is 8.67. The normalized spacial score (nSPS) is 24.3. The van der Waals surface area contributed by atoms with Gasteiger partial charge in [0.1, 0.15) is 9.79 Å². The molecule has 0 heterocycles. The van der Waals surface area contributed by atoms with Crippen LogP contribution in [0.5, 0.6) is 0 Å². The summed E-state index contributed by atoms with van der Waals surface area (Å²) in [6.45, 7) is 2.16. The molecule has 2 unspecified atom stereocenters. The Morgan fingerprint density at radius 1 is 1.15 bits per heavy atom. The average Bonchev–Trinajstić information content (AvgIpc) is 2.56. The van der Waals surface area contributed by atoms with Crippen molar-refractivity contribution in [1.29, 1.82) is 0 Å². The smallest absolute Gasteiger partial charge is 0.243 e. The molecule has 0 bridgehead atoms. The van der Waals surface area contributed by atoms with Crippen molar-refractivity contribution < 1.29 is 16.8 Å². The fraction of sp³-hybridized carbons (Fsp3) is 0.625. The van der Waals surface area contributed by atoms with Crippen LogP contribution >= 0.6 is 12.4 Å². The zero-order chi connectivity index (χ0) is 18.9. The molecule has 0 aliphatic heterocycles. The molecular formula is C16H28ClN3O4S2. The lowest BCUT2D eigenvalue weighted by Crippen LogP contribution is -2.59. The largest absolute Gasteiger partial charge is 0.329 e. The minimum absolute atomic E-state index is 0. The van der Waals surface area contributed by atoms with E-state index >= 15 is 0 Å². The molecule has 0 spiro atoms. The van der Waals surface area contributed by atoms with Crippen LogP contribution in [0, 0.1) is 5.92 Å². The van der Waals surface area contributed by atoms with Crippen molar-refractivity contribution in [2.45, 2.75) is 47.9 Å². The molecule has 1 aliphatic rings. The number of nitrogens with two attached hydrogens (primary N) is 1. The molecule has 10 heteroatoms. The van der Waals surface area contributed by atoms with E-state index in [2.05, 4.69) is 4.72 Å². The van der Waals surface area contributed by atoms with E-state index in [9.17, 15) is 16.8 Å². The summed E-state index contributed by atoms with van der Waals surface area (Å²) in [4.78, 5) is -0.475. The number of halogens is 1. The van der Waals surface area contributed by atoms with E-state index in [0.29, 0.717) is 6.42 Å². The number of hydrogen-bond donors (Lipinski definition) is 2. The maximum Gasteiger partial charge on any atom is 0.243 e. The third kappa shape index (κ3) is 4.40. The molecule has 1 saturated carbocycles. The van der Waals surface area contributed by atoms with Gasteiger partial charge in [-0.15, -0.1) is 12.4 Å². The Bertz CT molecular complexity index is 828. The van der Waals surface area contributed by atoms with Gasteiger partial charge in [0.25, 0.3) is 0 Å². The van der Waals surface area contributed by atoms with E-state index in [1.807, 2.05) is 6.92 Å². The van der Waals surface area contributed by atoms with Crippen molar-refractivity contribution in [3.8, 4) is 0 Å². The van der Waals surface area contributed by atoms with E-state index in [-0.39, 0.29) is 34.7 Å². The first kappa shape index (κ1) is 23.3. The summed E-state index contributed by atoms with van der Waals surface area (Å²) in [5, 5.41) is 0. The van der Waals surface area contributed by atoms with E-state index in [0.717, 1.165) is 23.6 Å².